The van der Waals surface area contributed by atoms with Crippen LogP contribution in [0.15, 0.2) is 18.2 Å². The van der Waals surface area contributed by atoms with Gasteiger partial charge in [-0.2, -0.15) is 0 Å². The molecule has 12 heavy (non-hydrogen) atoms. The van der Waals surface area contributed by atoms with Crippen molar-refractivity contribution in [2.45, 2.75) is 13.8 Å². The van der Waals surface area contributed by atoms with Gasteiger partial charge in [-0.1, -0.05) is 6.58 Å². The van der Waals surface area contributed by atoms with E-state index in [1.165, 1.54) is 0 Å². The highest BCUT2D eigenvalue weighted by molar-refractivity contribution is 5.88. The smallest absolute Gasteiger partial charge is 0.339 e. The normalized spacial score (nSPS) is 9.50. The van der Waals surface area contributed by atoms with Gasteiger partial charge in [-0.05, 0) is 13.8 Å². The molecule has 4 heteroatoms. The van der Waals surface area contributed by atoms with Crippen molar-refractivity contribution in [2.24, 2.45) is 0 Å². The van der Waals surface area contributed by atoms with E-state index >= 15 is 0 Å². The number of aromatic amines is 1. The molecule has 1 aromatic rings. The minimum atomic E-state index is -0.457. The summed E-state index contributed by atoms with van der Waals surface area (Å²) in [7, 11) is 0. The molecule has 0 aromatic carbocycles. The molecule has 1 aromatic heterocycles. The van der Waals surface area contributed by atoms with E-state index in [2.05, 4.69) is 16.8 Å². The molecule has 0 fully saturated rings. The number of carbonyl (C=O) groups is 1. The second kappa shape index (κ2) is 3.21. The molecule has 0 radical (unpaired) electrons. The van der Waals surface area contributed by atoms with E-state index in [1.54, 1.807) is 13.0 Å². The molecular formula is C8H10N2O2. The molecule has 1 heterocycles. The Morgan fingerprint density at radius 2 is 2.42 bits per heavy atom. The number of nitrogens with one attached hydrogen (secondary N) is 1. The van der Waals surface area contributed by atoms with Gasteiger partial charge < -0.3 is 4.74 Å². The summed E-state index contributed by atoms with van der Waals surface area (Å²) in [5.74, 6) is -0.179. The molecule has 0 amide bonds. The lowest BCUT2D eigenvalue weighted by Crippen LogP contribution is -2.08. The average molecular weight is 166 g/mol. The Bertz CT molecular complexity index is 315. The maximum absolute atomic E-state index is 10.9. The van der Waals surface area contributed by atoms with Crippen molar-refractivity contribution in [3.05, 3.63) is 23.9 Å². The highest BCUT2D eigenvalue weighted by atomic mass is 16.5. The van der Waals surface area contributed by atoms with Gasteiger partial charge in [0.15, 0.2) is 0 Å². The zero-order chi connectivity index (χ0) is 9.14. The van der Waals surface area contributed by atoms with Gasteiger partial charge in [0.2, 0.25) is 5.88 Å². The van der Waals surface area contributed by atoms with Crippen LogP contribution in [0.1, 0.15) is 12.6 Å². The molecule has 0 atom stereocenters. The summed E-state index contributed by atoms with van der Waals surface area (Å²) in [4.78, 5) is 10.9. The summed E-state index contributed by atoms with van der Waals surface area (Å²) in [5.41, 5.74) is 1.20. The number of ether oxygens (including phenoxy) is 1. The van der Waals surface area contributed by atoms with Gasteiger partial charge >= 0.3 is 5.97 Å². The molecule has 0 saturated carbocycles. The molecule has 0 saturated heterocycles. The number of nitrogens with zero attached hydrogens (tertiary/aromatic N) is 1. The number of rotatable bonds is 2. The lowest BCUT2D eigenvalue weighted by Gasteiger charge is -1.96. The summed E-state index contributed by atoms with van der Waals surface area (Å²) in [6.45, 7) is 6.86. The predicted molar refractivity (Wildman–Crippen MR) is 43.8 cm³/mol. The van der Waals surface area contributed by atoms with Crippen LogP contribution in [0.2, 0.25) is 0 Å². The van der Waals surface area contributed by atoms with Crippen molar-refractivity contribution < 1.29 is 9.53 Å². The van der Waals surface area contributed by atoms with Crippen LogP contribution in [0.5, 0.6) is 5.88 Å². The van der Waals surface area contributed by atoms with Crippen LogP contribution in [-0.2, 0) is 4.79 Å². The van der Waals surface area contributed by atoms with E-state index in [-0.39, 0.29) is 5.88 Å². The van der Waals surface area contributed by atoms with Crippen LogP contribution in [-0.4, -0.2) is 16.2 Å². The number of esters is 1. The maximum atomic E-state index is 10.9. The summed E-state index contributed by atoms with van der Waals surface area (Å²) < 4.78 is 4.82. The van der Waals surface area contributed by atoms with Gasteiger partial charge in [0.25, 0.3) is 0 Å². The van der Waals surface area contributed by atoms with Gasteiger partial charge in [-0.25, -0.2) is 4.79 Å². The molecule has 0 aliphatic rings. The third-order valence-electron chi connectivity index (χ3n) is 1.23. The summed E-state index contributed by atoms with van der Waals surface area (Å²) in [6, 6.07) is 1.64. The van der Waals surface area contributed by atoms with E-state index in [1.807, 2.05) is 6.92 Å². The molecule has 1 rings (SSSR count). The first-order chi connectivity index (χ1) is 5.59. The highest BCUT2D eigenvalue weighted by Crippen LogP contribution is 2.08. The van der Waals surface area contributed by atoms with Crippen LogP contribution in [0.25, 0.3) is 0 Å². The van der Waals surface area contributed by atoms with Gasteiger partial charge in [0.1, 0.15) is 0 Å². The van der Waals surface area contributed by atoms with E-state index in [9.17, 15) is 4.79 Å². The summed E-state index contributed by atoms with van der Waals surface area (Å²) in [6.07, 6.45) is 0. The Balaban J connectivity index is 2.64. The van der Waals surface area contributed by atoms with Crippen molar-refractivity contribution >= 4 is 5.97 Å². The molecule has 0 spiro atoms. The minimum Gasteiger partial charge on any atom is -0.402 e. The van der Waals surface area contributed by atoms with E-state index in [0.717, 1.165) is 5.69 Å². The molecule has 4 nitrogen and oxygen atoms in total. The number of H-pyrrole nitrogens is 1. The second-order valence-electron chi connectivity index (χ2n) is 2.56. The minimum absolute atomic E-state index is 0.278. The topological polar surface area (TPSA) is 55.0 Å². The van der Waals surface area contributed by atoms with Crippen molar-refractivity contribution in [3.63, 3.8) is 0 Å². The maximum Gasteiger partial charge on any atom is 0.339 e. The zero-order valence-corrected chi connectivity index (χ0v) is 7.05. The number of aromatic nitrogens is 2. The van der Waals surface area contributed by atoms with Crippen LogP contribution in [0, 0.1) is 6.92 Å². The fourth-order valence-electron chi connectivity index (χ4n) is 0.627. The first kappa shape index (κ1) is 8.52. The highest BCUT2D eigenvalue weighted by Gasteiger charge is 2.06. The van der Waals surface area contributed by atoms with Crippen molar-refractivity contribution in [1.29, 1.82) is 0 Å². The lowest BCUT2D eigenvalue weighted by molar-refractivity contribution is -0.130. The second-order valence-corrected chi connectivity index (χ2v) is 2.56. The number of aryl methyl sites for hydroxylation is 1. The molecule has 64 valence electrons. The van der Waals surface area contributed by atoms with Crippen LogP contribution >= 0.6 is 0 Å². The van der Waals surface area contributed by atoms with Crippen molar-refractivity contribution in [3.8, 4) is 5.88 Å². The first-order valence-corrected chi connectivity index (χ1v) is 3.49. The lowest BCUT2D eigenvalue weighted by atomic mass is 10.4. The van der Waals surface area contributed by atoms with Crippen LogP contribution in [0.3, 0.4) is 0 Å². The molecule has 0 aliphatic heterocycles. The fourth-order valence-corrected chi connectivity index (χ4v) is 0.627. The van der Waals surface area contributed by atoms with Crippen LogP contribution < -0.4 is 4.74 Å². The third-order valence-corrected chi connectivity index (χ3v) is 1.23. The molecular weight excluding hydrogens is 156 g/mol. The van der Waals surface area contributed by atoms with Crippen molar-refractivity contribution in [1.82, 2.24) is 10.2 Å². The third kappa shape index (κ3) is 1.95. The van der Waals surface area contributed by atoms with E-state index in [0.29, 0.717) is 5.57 Å². The Morgan fingerprint density at radius 1 is 1.75 bits per heavy atom. The predicted octanol–water partition coefficient (Wildman–Crippen LogP) is 1.20. The number of hydrogen-bond donors (Lipinski definition) is 1. The largest absolute Gasteiger partial charge is 0.402 e. The van der Waals surface area contributed by atoms with Gasteiger partial charge in [-0.3, -0.25) is 5.10 Å². The van der Waals surface area contributed by atoms with Gasteiger partial charge in [0.05, 0.1) is 0 Å². The quantitative estimate of drug-likeness (QED) is 0.530. The number of hydrogen-bond acceptors (Lipinski definition) is 3. The first-order valence-electron chi connectivity index (χ1n) is 3.49. The van der Waals surface area contributed by atoms with E-state index in [4.69, 9.17) is 4.74 Å². The van der Waals surface area contributed by atoms with Crippen LogP contribution in [0.4, 0.5) is 0 Å². The monoisotopic (exact) mass is 166 g/mol. The fraction of sp³-hybridized carbons (Fsp3) is 0.250. The number of carbonyl (C=O) groups excluding carboxylic acids is 1. The zero-order valence-electron chi connectivity index (χ0n) is 7.05. The molecule has 0 bridgehead atoms. The van der Waals surface area contributed by atoms with Gasteiger partial charge in [0, 0.05) is 17.3 Å². The summed E-state index contributed by atoms with van der Waals surface area (Å²) >= 11 is 0. The molecule has 0 unspecified atom stereocenters. The van der Waals surface area contributed by atoms with Crippen molar-refractivity contribution in [2.75, 3.05) is 0 Å². The molecule has 0 aliphatic carbocycles. The van der Waals surface area contributed by atoms with E-state index < -0.39 is 5.97 Å². The Morgan fingerprint density at radius 3 is 2.83 bits per heavy atom. The summed E-state index contributed by atoms with van der Waals surface area (Å²) in [5, 5.41) is 6.38. The molecule has 1 N–H and O–H groups in total. The standard InChI is InChI=1S/C8H10N2O2/c1-5(2)8(11)12-7-4-6(3)9-10-7/h4H,1H2,2-3H3,(H,9,10). The SMILES string of the molecule is C=C(C)C(=O)Oc1cc(C)[nH]n1. The Kier molecular flexibility index (Phi) is 2.28. The van der Waals surface area contributed by atoms with Gasteiger partial charge in [-0.15, -0.1) is 5.10 Å². The Hall–Kier alpha value is -1.58. The average Bonchev–Trinajstić information content (AvgIpc) is 2.35. The Labute approximate surface area is 70.2 Å².